The lowest BCUT2D eigenvalue weighted by atomic mass is 10.1. The number of halogens is 1. The molecule has 1 aromatic carbocycles. The average molecular weight is 316 g/mol. The van der Waals surface area contributed by atoms with Crippen LogP contribution < -0.4 is 9.46 Å². The third-order valence-corrected chi connectivity index (χ3v) is 3.82. The summed E-state index contributed by atoms with van der Waals surface area (Å²) in [5.41, 5.74) is 0. The van der Waals surface area contributed by atoms with E-state index in [4.69, 9.17) is 4.74 Å². The molecule has 1 aromatic rings. The van der Waals surface area contributed by atoms with Gasteiger partial charge in [-0.2, -0.15) is 0 Å². The zero-order valence-electron chi connectivity index (χ0n) is 11.7. The van der Waals surface area contributed by atoms with Crippen LogP contribution in [-0.2, 0) is 14.8 Å². The molecule has 1 aliphatic rings. The molecule has 1 heterocycles. The van der Waals surface area contributed by atoms with Gasteiger partial charge in [-0.05, 0) is 31.2 Å². The number of nitrogens with one attached hydrogen (secondary N) is 1. The van der Waals surface area contributed by atoms with E-state index in [1.54, 1.807) is 0 Å². The highest BCUT2D eigenvalue weighted by Crippen LogP contribution is 2.19. The van der Waals surface area contributed by atoms with Crippen LogP contribution in [-0.4, -0.2) is 50.7 Å². The summed E-state index contributed by atoms with van der Waals surface area (Å²) >= 11 is 0. The number of likely N-dealkylation sites (tertiary alicyclic amines) is 1. The number of hydrogen-bond acceptors (Lipinski definition) is 4. The maximum absolute atomic E-state index is 12.7. The fourth-order valence-electron chi connectivity index (χ4n) is 2.04. The van der Waals surface area contributed by atoms with Gasteiger partial charge >= 0.3 is 0 Å². The number of hydrogen-bond donors (Lipinski definition) is 1. The molecule has 0 spiro atoms. The fraction of sp³-hybridized carbons (Fsp3) is 0.462. The van der Waals surface area contributed by atoms with Crippen LogP contribution in [0.25, 0.3) is 0 Å². The van der Waals surface area contributed by atoms with Crippen LogP contribution in [0.4, 0.5) is 4.39 Å². The van der Waals surface area contributed by atoms with Crippen molar-refractivity contribution in [1.82, 2.24) is 9.62 Å². The maximum Gasteiger partial charge on any atom is 0.240 e. The Morgan fingerprint density at radius 2 is 1.95 bits per heavy atom. The predicted octanol–water partition coefficient (Wildman–Crippen LogP) is 0.353. The predicted molar refractivity (Wildman–Crippen MR) is 74.8 cm³/mol. The number of sulfonamides is 1. The van der Waals surface area contributed by atoms with Gasteiger partial charge in [0.1, 0.15) is 17.7 Å². The Labute approximate surface area is 122 Å². The van der Waals surface area contributed by atoms with Gasteiger partial charge < -0.3 is 9.64 Å². The van der Waals surface area contributed by atoms with Crippen LogP contribution in [0.2, 0.25) is 0 Å². The largest absolute Gasteiger partial charge is 0.487 e. The minimum atomic E-state index is -3.42. The molecule has 1 fully saturated rings. The van der Waals surface area contributed by atoms with Gasteiger partial charge in [-0.25, -0.2) is 17.5 Å². The second kappa shape index (κ2) is 5.98. The third kappa shape index (κ3) is 4.40. The number of carbonyl (C=O) groups excluding carboxylic acids is 1. The van der Waals surface area contributed by atoms with Crippen LogP contribution in [0.5, 0.6) is 5.75 Å². The lowest BCUT2D eigenvalue weighted by molar-refractivity contribution is -0.141. The van der Waals surface area contributed by atoms with Gasteiger partial charge in [-0.3, -0.25) is 4.79 Å². The van der Waals surface area contributed by atoms with Gasteiger partial charge in [0.2, 0.25) is 15.9 Å². The summed E-state index contributed by atoms with van der Waals surface area (Å²) in [6, 6.07) is 4.84. The summed E-state index contributed by atoms with van der Waals surface area (Å²) in [5.74, 6) is -0.0939. The van der Waals surface area contributed by atoms with E-state index in [9.17, 15) is 17.6 Å². The summed E-state index contributed by atoms with van der Waals surface area (Å²) in [7, 11) is -3.42. The van der Waals surface area contributed by atoms with Gasteiger partial charge in [0, 0.05) is 0 Å². The van der Waals surface area contributed by atoms with E-state index in [0.29, 0.717) is 18.8 Å². The second-order valence-electron chi connectivity index (χ2n) is 5.05. The molecule has 0 aromatic heterocycles. The first kappa shape index (κ1) is 15.7. The Kier molecular flexibility index (Phi) is 4.48. The average Bonchev–Trinajstić information content (AvgIpc) is 2.32. The highest BCUT2D eigenvalue weighted by molar-refractivity contribution is 7.88. The molecule has 0 bridgehead atoms. The number of benzene rings is 1. The summed E-state index contributed by atoms with van der Waals surface area (Å²) < 4.78 is 42.7. The lowest BCUT2D eigenvalue weighted by Crippen LogP contribution is -2.60. The molecular weight excluding hydrogens is 299 g/mol. The Hall–Kier alpha value is -1.67. The SMILES string of the molecule is C[C@H](NS(C)(=O)=O)C(=O)N1CC(Oc2ccc(F)cc2)C1. The van der Waals surface area contributed by atoms with Gasteiger partial charge in [0.15, 0.2) is 0 Å². The van der Waals surface area contributed by atoms with Crippen molar-refractivity contribution in [2.24, 2.45) is 0 Å². The normalized spacial score (nSPS) is 17.2. The van der Waals surface area contributed by atoms with Crippen molar-refractivity contribution >= 4 is 15.9 Å². The highest BCUT2D eigenvalue weighted by Gasteiger charge is 2.35. The van der Waals surface area contributed by atoms with E-state index in [2.05, 4.69) is 4.72 Å². The minimum Gasteiger partial charge on any atom is -0.487 e. The van der Waals surface area contributed by atoms with E-state index >= 15 is 0 Å². The smallest absolute Gasteiger partial charge is 0.240 e. The summed E-state index contributed by atoms with van der Waals surface area (Å²) in [5, 5.41) is 0. The molecule has 21 heavy (non-hydrogen) atoms. The van der Waals surface area contributed by atoms with Crippen LogP contribution in [0.1, 0.15) is 6.92 Å². The van der Waals surface area contributed by atoms with Crippen molar-refractivity contribution in [3.8, 4) is 5.75 Å². The fourth-order valence-corrected chi connectivity index (χ4v) is 2.79. The molecule has 8 heteroatoms. The van der Waals surface area contributed by atoms with Crippen molar-refractivity contribution in [2.75, 3.05) is 19.3 Å². The molecule has 0 aliphatic carbocycles. The molecule has 1 aliphatic heterocycles. The van der Waals surface area contributed by atoms with Crippen molar-refractivity contribution in [1.29, 1.82) is 0 Å². The Morgan fingerprint density at radius 3 is 2.48 bits per heavy atom. The van der Waals surface area contributed by atoms with Crippen LogP contribution in [0.3, 0.4) is 0 Å². The summed E-state index contributed by atoms with van der Waals surface area (Å²) in [6.07, 6.45) is 0.845. The first-order chi connectivity index (χ1) is 9.74. The van der Waals surface area contributed by atoms with E-state index in [1.165, 1.54) is 36.1 Å². The quantitative estimate of drug-likeness (QED) is 0.851. The van der Waals surface area contributed by atoms with Crippen molar-refractivity contribution in [2.45, 2.75) is 19.1 Å². The zero-order valence-corrected chi connectivity index (χ0v) is 12.6. The number of carbonyl (C=O) groups is 1. The molecule has 6 nitrogen and oxygen atoms in total. The van der Waals surface area contributed by atoms with E-state index in [-0.39, 0.29) is 17.8 Å². The molecule has 1 amide bonds. The van der Waals surface area contributed by atoms with Gasteiger partial charge in [-0.1, -0.05) is 0 Å². The monoisotopic (exact) mass is 316 g/mol. The minimum absolute atomic E-state index is 0.162. The molecule has 116 valence electrons. The lowest BCUT2D eigenvalue weighted by Gasteiger charge is -2.40. The van der Waals surface area contributed by atoms with Crippen molar-refractivity contribution in [3.05, 3.63) is 30.1 Å². The van der Waals surface area contributed by atoms with E-state index in [1.807, 2.05) is 0 Å². The maximum atomic E-state index is 12.7. The molecule has 1 saturated heterocycles. The van der Waals surface area contributed by atoms with Crippen LogP contribution in [0, 0.1) is 5.82 Å². The summed E-state index contributed by atoms with van der Waals surface area (Å²) in [6.45, 7) is 2.26. The Balaban J connectivity index is 1.80. The Bertz CT molecular complexity index is 612. The number of rotatable bonds is 5. The number of ether oxygens (including phenoxy) is 1. The molecule has 1 atom stereocenters. The molecule has 0 radical (unpaired) electrons. The second-order valence-corrected chi connectivity index (χ2v) is 6.83. The first-order valence-electron chi connectivity index (χ1n) is 6.43. The number of amides is 1. The van der Waals surface area contributed by atoms with Gasteiger partial charge in [-0.15, -0.1) is 0 Å². The highest BCUT2D eigenvalue weighted by atomic mass is 32.2. The van der Waals surface area contributed by atoms with Crippen LogP contribution >= 0.6 is 0 Å². The van der Waals surface area contributed by atoms with Crippen LogP contribution in [0.15, 0.2) is 24.3 Å². The van der Waals surface area contributed by atoms with E-state index in [0.717, 1.165) is 6.26 Å². The van der Waals surface area contributed by atoms with Crippen molar-refractivity contribution in [3.63, 3.8) is 0 Å². The molecule has 2 rings (SSSR count). The summed E-state index contributed by atoms with van der Waals surface area (Å²) in [4.78, 5) is 13.5. The first-order valence-corrected chi connectivity index (χ1v) is 8.32. The zero-order chi connectivity index (χ0) is 15.6. The van der Waals surface area contributed by atoms with Gasteiger partial charge in [0.05, 0.1) is 25.4 Å². The Morgan fingerprint density at radius 1 is 1.38 bits per heavy atom. The molecule has 0 saturated carbocycles. The standard InChI is InChI=1S/C13H17FN2O4S/c1-9(15-21(2,18)19)13(17)16-7-12(8-16)20-11-5-3-10(14)4-6-11/h3-6,9,12,15H,7-8H2,1-2H3/t9-/m0/s1. The van der Waals surface area contributed by atoms with Crippen molar-refractivity contribution < 1.29 is 22.3 Å². The molecular formula is C13H17FN2O4S. The van der Waals surface area contributed by atoms with E-state index < -0.39 is 16.1 Å². The molecule has 1 N–H and O–H groups in total. The topological polar surface area (TPSA) is 75.7 Å². The number of nitrogens with zero attached hydrogens (tertiary/aromatic N) is 1. The third-order valence-electron chi connectivity index (χ3n) is 3.04. The van der Waals surface area contributed by atoms with Gasteiger partial charge in [0.25, 0.3) is 0 Å². The molecule has 0 unspecified atom stereocenters.